The summed E-state index contributed by atoms with van der Waals surface area (Å²) in [4.78, 5) is 15.1. The first-order chi connectivity index (χ1) is 11.3. The van der Waals surface area contributed by atoms with E-state index in [4.69, 9.17) is 11.2 Å². The minimum Gasteiger partial charge on any atom is -0.481 e. The summed E-state index contributed by atoms with van der Waals surface area (Å²) in [6.07, 6.45) is 8.83. The normalized spacial score (nSPS) is 20.5. The number of benzene rings is 1. The first-order valence-corrected chi connectivity index (χ1v) is 7.13. The average molecular weight is 307 g/mol. The van der Waals surface area contributed by atoms with Gasteiger partial charge in [-0.15, -0.1) is 11.5 Å². The molecule has 2 aliphatic heterocycles. The van der Waals surface area contributed by atoms with E-state index in [1.807, 2.05) is 24.4 Å². The van der Waals surface area contributed by atoms with E-state index in [1.54, 1.807) is 16.7 Å². The van der Waals surface area contributed by atoms with Crippen LogP contribution in [0.15, 0.2) is 51.6 Å². The molecule has 1 aromatic heterocycles. The van der Waals surface area contributed by atoms with Crippen molar-refractivity contribution in [3.63, 3.8) is 0 Å². The number of hydrogen-bond acceptors (Lipinski definition) is 5. The van der Waals surface area contributed by atoms with Gasteiger partial charge in [-0.05, 0) is 30.5 Å². The Morgan fingerprint density at radius 3 is 2.96 bits per heavy atom. The van der Waals surface area contributed by atoms with Crippen molar-refractivity contribution in [2.45, 2.75) is 12.1 Å². The van der Waals surface area contributed by atoms with E-state index in [-0.39, 0.29) is 24.4 Å². The van der Waals surface area contributed by atoms with Crippen LogP contribution in [-0.2, 0) is 0 Å². The largest absolute Gasteiger partial charge is 0.481 e. The van der Waals surface area contributed by atoms with Crippen molar-refractivity contribution in [3.8, 4) is 23.8 Å². The van der Waals surface area contributed by atoms with Gasteiger partial charge >= 0.3 is 5.69 Å². The van der Waals surface area contributed by atoms with Crippen molar-refractivity contribution in [2.75, 3.05) is 6.61 Å². The number of aromatic amines is 1. The third kappa shape index (κ3) is 2.12. The summed E-state index contributed by atoms with van der Waals surface area (Å²) in [6, 6.07) is 7.19. The summed E-state index contributed by atoms with van der Waals surface area (Å²) < 4.78 is 6.97. The van der Waals surface area contributed by atoms with Crippen LogP contribution in [0.1, 0.15) is 11.6 Å². The molecule has 0 saturated heterocycles. The standard InChI is InChI=1S/C16H13N5O2/c1-2-9-23-11-5-3-10(4-6-11)21-13-12-7-8-17-14(12)19-20-15(13)18-16(21)22/h1,3-8,12,14,17H,9H2,(H,18,22). The molecule has 0 aliphatic carbocycles. The van der Waals surface area contributed by atoms with Gasteiger partial charge in [-0.3, -0.25) is 9.55 Å². The highest BCUT2D eigenvalue weighted by Crippen LogP contribution is 2.37. The van der Waals surface area contributed by atoms with Crippen LogP contribution in [0.4, 0.5) is 5.82 Å². The van der Waals surface area contributed by atoms with E-state index in [1.165, 1.54) is 0 Å². The van der Waals surface area contributed by atoms with Gasteiger partial charge < -0.3 is 10.1 Å². The van der Waals surface area contributed by atoms with E-state index < -0.39 is 0 Å². The molecule has 0 bridgehead atoms. The van der Waals surface area contributed by atoms with Crippen LogP contribution < -0.4 is 15.7 Å². The molecule has 7 nitrogen and oxygen atoms in total. The van der Waals surface area contributed by atoms with E-state index in [2.05, 4.69) is 26.4 Å². The van der Waals surface area contributed by atoms with Crippen LogP contribution in [0, 0.1) is 12.3 Å². The highest BCUT2D eigenvalue weighted by Gasteiger charge is 2.34. The number of nitrogens with zero attached hydrogens (tertiary/aromatic N) is 3. The van der Waals surface area contributed by atoms with Gasteiger partial charge in [0.2, 0.25) is 0 Å². The van der Waals surface area contributed by atoms with Gasteiger partial charge in [0.25, 0.3) is 0 Å². The second-order valence-corrected chi connectivity index (χ2v) is 5.20. The Kier molecular flexibility index (Phi) is 3.01. The summed E-state index contributed by atoms with van der Waals surface area (Å²) >= 11 is 0. The molecule has 3 heterocycles. The minimum absolute atomic E-state index is 0.0289. The Labute approximate surface area is 131 Å². The summed E-state index contributed by atoms with van der Waals surface area (Å²) in [5.41, 5.74) is 1.29. The molecule has 114 valence electrons. The van der Waals surface area contributed by atoms with E-state index in [9.17, 15) is 4.79 Å². The smallest absolute Gasteiger partial charge is 0.332 e. The van der Waals surface area contributed by atoms with Crippen LogP contribution >= 0.6 is 0 Å². The number of terminal acetylenes is 1. The molecule has 0 amide bonds. The van der Waals surface area contributed by atoms with Crippen molar-refractivity contribution in [3.05, 3.63) is 52.7 Å². The molecular weight excluding hydrogens is 294 g/mol. The summed E-state index contributed by atoms with van der Waals surface area (Å²) in [5.74, 6) is 3.54. The van der Waals surface area contributed by atoms with E-state index in [0.29, 0.717) is 11.6 Å². The molecule has 0 radical (unpaired) electrons. The maximum atomic E-state index is 12.4. The lowest BCUT2D eigenvalue weighted by molar-refractivity contribution is 0.370. The lowest BCUT2D eigenvalue weighted by Crippen LogP contribution is -2.27. The predicted octanol–water partition coefficient (Wildman–Crippen LogP) is 1.80. The molecule has 0 saturated carbocycles. The van der Waals surface area contributed by atoms with Gasteiger partial charge in [0.05, 0.1) is 17.3 Å². The van der Waals surface area contributed by atoms with Crippen molar-refractivity contribution in [1.82, 2.24) is 14.9 Å². The molecule has 0 fully saturated rings. The van der Waals surface area contributed by atoms with Crippen LogP contribution in [0.25, 0.3) is 5.69 Å². The van der Waals surface area contributed by atoms with Crippen LogP contribution in [0.3, 0.4) is 0 Å². The molecule has 23 heavy (non-hydrogen) atoms. The van der Waals surface area contributed by atoms with Crippen molar-refractivity contribution >= 4 is 5.82 Å². The average Bonchev–Trinajstić information content (AvgIpc) is 3.16. The Bertz CT molecular complexity index is 898. The molecule has 4 rings (SSSR count). The van der Waals surface area contributed by atoms with Crippen molar-refractivity contribution in [2.24, 2.45) is 10.2 Å². The van der Waals surface area contributed by atoms with E-state index >= 15 is 0 Å². The number of ether oxygens (including phenoxy) is 1. The number of hydrogen-bond donors (Lipinski definition) is 2. The third-order valence-electron chi connectivity index (χ3n) is 3.84. The lowest BCUT2D eigenvalue weighted by atomic mass is 10.0. The lowest BCUT2D eigenvalue weighted by Gasteiger charge is -2.20. The SMILES string of the molecule is C#CCOc1ccc(-n2c3c([nH]c2=O)N=NC2NC=CC32)cc1. The summed E-state index contributed by atoms with van der Waals surface area (Å²) in [5, 5.41) is 11.4. The van der Waals surface area contributed by atoms with Gasteiger partial charge in [0.1, 0.15) is 12.4 Å². The molecule has 2 N–H and O–H groups in total. The van der Waals surface area contributed by atoms with Gasteiger partial charge in [-0.2, -0.15) is 5.11 Å². The molecule has 2 aliphatic rings. The number of imidazole rings is 1. The van der Waals surface area contributed by atoms with E-state index in [0.717, 1.165) is 11.4 Å². The first-order valence-electron chi connectivity index (χ1n) is 7.13. The Morgan fingerprint density at radius 2 is 2.17 bits per heavy atom. The third-order valence-corrected chi connectivity index (χ3v) is 3.84. The molecule has 2 atom stereocenters. The van der Waals surface area contributed by atoms with Gasteiger partial charge in [-0.1, -0.05) is 12.0 Å². The number of azo groups is 1. The molecule has 2 unspecified atom stereocenters. The van der Waals surface area contributed by atoms with Gasteiger partial charge in [-0.25, -0.2) is 4.79 Å². The number of rotatable bonds is 3. The van der Waals surface area contributed by atoms with Crippen LogP contribution in [0.2, 0.25) is 0 Å². The second-order valence-electron chi connectivity index (χ2n) is 5.20. The number of nitrogens with one attached hydrogen (secondary N) is 2. The van der Waals surface area contributed by atoms with Crippen molar-refractivity contribution < 1.29 is 4.74 Å². The number of aromatic nitrogens is 2. The first kappa shape index (κ1) is 13.4. The highest BCUT2D eigenvalue weighted by molar-refractivity contribution is 5.49. The van der Waals surface area contributed by atoms with Crippen LogP contribution in [0.5, 0.6) is 5.75 Å². The molecule has 2 aromatic rings. The zero-order valence-electron chi connectivity index (χ0n) is 12.1. The zero-order valence-corrected chi connectivity index (χ0v) is 12.1. The fourth-order valence-electron chi connectivity index (χ4n) is 2.82. The fraction of sp³-hybridized carbons (Fsp3) is 0.188. The van der Waals surface area contributed by atoms with Gasteiger partial charge in [0.15, 0.2) is 12.0 Å². The quantitative estimate of drug-likeness (QED) is 0.848. The summed E-state index contributed by atoms with van der Waals surface area (Å²) in [7, 11) is 0. The summed E-state index contributed by atoms with van der Waals surface area (Å²) in [6.45, 7) is 0.208. The molecule has 0 spiro atoms. The predicted molar refractivity (Wildman–Crippen MR) is 84.0 cm³/mol. The van der Waals surface area contributed by atoms with Crippen LogP contribution in [-0.4, -0.2) is 22.3 Å². The highest BCUT2D eigenvalue weighted by atomic mass is 16.5. The molecule has 7 heteroatoms. The Balaban J connectivity index is 1.77. The number of fused-ring (bicyclic) bond motifs is 3. The van der Waals surface area contributed by atoms with Gasteiger partial charge in [0, 0.05) is 0 Å². The Hall–Kier alpha value is -3.27. The fourth-order valence-corrected chi connectivity index (χ4v) is 2.82. The topological polar surface area (TPSA) is 83.8 Å². The Morgan fingerprint density at radius 1 is 1.35 bits per heavy atom. The second kappa shape index (κ2) is 5.18. The zero-order chi connectivity index (χ0) is 15.8. The molecular formula is C16H13N5O2. The maximum absolute atomic E-state index is 12.4. The van der Waals surface area contributed by atoms with Crippen molar-refractivity contribution in [1.29, 1.82) is 0 Å². The number of H-pyrrole nitrogens is 1. The monoisotopic (exact) mass is 307 g/mol. The maximum Gasteiger partial charge on any atom is 0.332 e. The minimum atomic E-state index is -0.243. The molecule has 1 aromatic carbocycles.